The number of likely N-dealkylation sites (tertiary alicyclic amines) is 2. The summed E-state index contributed by atoms with van der Waals surface area (Å²) in [4.78, 5) is 14.7. The van der Waals surface area contributed by atoms with Crippen LogP contribution in [-0.2, 0) is 21.1 Å². The van der Waals surface area contributed by atoms with Gasteiger partial charge in [-0.05, 0) is 67.9 Å². The largest absolute Gasteiger partial charge is 0.497 e. The summed E-state index contributed by atoms with van der Waals surface area (Å²) in [5.74, 6) is 1.35. The molecule has 0 saturated carbocycles. The molecule has 2 aromatic carbocycles. The normalized spacial score (nSPS) is 18.5. The van der Waals surface area contributed by atoms with Crippen molar-refractivity contribution < 1.29 is 32.6 Å². The molecule has 2 aromatic rings. The average Bonchev–Trinajstić information content (AvgIpc) is 2.95. The van der Waals surface area contributed by atoms with Crippen molar-refractivity contribution in [2.75, 3.05) is 46.4 Å². The fourth-order valence-electron chi connectivity index (χ4n) is 5.06. The number of ether oxygens (including phenoxy) is 3. The zero-order valence-electron chi connectivity index (χ0n) is 21.8. The lowest BCUT2D eigenvalue weighted by molar-refractivity contribution is 0.000286. The second kappa shape index (κ2) is 12.8. The first-order chi connectivity index (χ1) is 18.3. The van der Waals surface area contributed by atoms with Gasteiger partial charge in [0.05, 0.1) is 12.0 Å². The first kappa shape index (κ1) is 28.2. The predicted molar refractivity (Wildman–Crippen MR) is 141 cm³/mol. The van der Waals surface area contributed by atoms with Gasteiger partial charge in [0.25, 0.3) is 0 Å². The fourth-order valence-corrected chi connectivity index (χ4v) is 6.89. The van der Waals surface area contributed by atoms with Crippen LogP contribution in [0.25, 0.3) is 0 Å². The highest BCUT2D eigenvalue weighted by atomic mass is 32.2. The van der Waals surface area contributed by atoms with Crippen LogP contribution in [0.3, 0.4) is 0 Å². The lowest BCUT2D eigenvalue weighted by Gasteiger charge is -2.40. The summed E-state index contributed by atoms with van der Waals surface area (Å²) in [7, 11) is -2.58. The first-order valence-corrected chi connectivity index (χ1v) is 14.5. The third kappa shape index (κ3) is 6.76. The molecule has 0 unspecified atom stereocenters. The molecule has 2 heterocycles. The summed E-state index contributed by atoms with van der Waals surface area (Å²) in [6.45, 7) is 5.31. The molecule has 10 nitrogen and oxygen atoms in total. The number of rotatable bonds is 10. The molecular formula is C27H37N3O7S. The van der Waals surface area contributed by atoms with Crippen molar-refractivity contribution in [3.8, 4) is 11.5 Å². The third-order valence-electron chi connectivity index (χ3n) is 7.30. The SMILES string of the molecule is COc1ccc(S(=O)(=O)C2(OC(=O)NO)CCN(Cc3ccc(OCCN4CCCCC4)cc3)CC2)cc1. The monoisotopic (exact) mass is 547 g/mol. The van der Waals surface area contributed by atoms with Crippen molar-refractivity contribution in [1.82, 2.24) is 15.3 Å². The van der Waals surface area contributed by atoms with E-state index in [1.807, 2.05) is 24.3 Å². The summed E-state index contributed by atoms with van der Waals surface area (Å²) in [6, 6.07) is 13.9. The van der Waals surface area contributed by atoms with Gasteiger partial charge in [0, 0.05) is 39.0 Å². The zero-order valence-corrected chi connectivity index (χ0v) is 22.6. The Labute approximate surface area is 224 Å². The van der Waals surface area contributed by atoms with Crippen LogP contribution >= 0.6 is 0 Å². The van der Waals surface area contributed by atoms with Gasteiger partial charge >= 0.3 is 6.09 Å². The number of hydroxylamine groups is 1. The molecule has 2 aliphatic heterocycles. The van der Waals surface area contributed by atoms with Gasteiger partial charge in [0.2, 0.25) is 14.8 Å². The lowest BCUT2D eigenvalue weighted by Crippen LogP contribution is -2.52. The van der Waals surface area contributed by atoms with Crippen LogP contribution < -0.4 is 15.0 Å². The maximum atomic E-state index is 13.6. The molecule has 2 N–H and O–H groups in total. The minimum atomic E-state index is -4.07. The Morgan fingerprint density at radius 1 is 0.921 bits per heavy atom. The van der Waals surface area contributed by atoms with Gasteiger partial charge in [0.15, 0.2) is 0 Å². The number of nitrogens with one attached hydrogen (secondary N) is 1. The highest BCUT2D eigenvalue weighted by Gasteiger charge is 2.50. The summed E-state index contributed by atoms with van der Waals surface area (Å²) in [5, 5.41) is 9.02. The van der Waals surface area contributed by atoms with E-state index in [1.165, 1.54) is 44.0 Å². The van der Waals surface area contributed by atoms with Crippen LogP contribution in [0.1, 0.15) is 37.7 Å². The van der Waals surface area contributed by atoms with E-state index >= 15 is 0 Å². The molecular weight excluding hydrogens is 510 g/mol. The number of hydrogen-bond donors (Lipinski definition) is 2. The van der Waals surface area contributed by atoms with Gasteiger partial charge in [0.1, 0.15) is 18.1 Å². The highest BCUT2D eigenvalue weighted by molar-refractivity contribution is 7.92. The van der Waals surface area contributed by atoms with E-state index in [0.717, 1.165) is 30.9 Å². The first-order valence-electron chi connectivity index (χ1n) is 13.0. The zero-order chi connectivity index (χ0) is 27.0. The number of nitrogens with zero attached hydrogens (tertiary/aromatic N) is 2. The van der Waals surface area contributed by atoms with Gasteiger partial charge in [-0.15, -0.1) is 0 Å². The van der Waals surface area contributed by atoms with Gasteiger partial charge in [-0.25, -0.2) is 18.7 Å². The van der Waals surface area contributed by atoms with Crippen molar-refractivity contribution in [3.63, 3.8) is 0 Å². The maximum Gasteiger partial charge on any atom is 0.432 e. The molecule has 4 rings (SSSR count). The van der Waals surface area contributed by atoms with Gasteiger partial charge < -0.3 is 14.2 Å². The highest BCUT2D eigenvalue weighted by Crippen LogP contribution is 2.37. The third-order valence-corrected chi connectivity index (χ3v) is 9.67. The van der Waals surface area contributed by atoms with Crippen molar-refractivity contribution in [3.05, 3.63) is 54.1 Å². The van der Waals surface area contributed by atoms with Gasteiger partial charge in [-0.2, -0.15) is 0 Å². The molecule has 0 aromatic heterocycles. The minimum absolute atomic E-state index is 0.0216. The summed E-state index contributed by atoms with van der Waals surface area (Å²) >= 11 is 0. The summed E-state index contributed by atoms with van der Waals surface area (Å²) in [6.07, 6.45) is 2.77. The Morgan fingerprint density at radius 3 is 2.16 bits per heavy atom. The lowest BCUT2D eigenvalue weighted by atomic mass is 10.1. The Balaban J connectivity index is 1.35. The van der Waals surface area contributed by atoms with E-state index in [2.05, 4.69) is 9.80 Å². The quantitative estimate of drug-likeness (QED) is 0.341. The molecule has 0 aliphatic carbocycles. The molecule has 2 saturated heterocycles. The van der Waals surface area contributed by atoms with Crippen LogP contribution in [0.2, 0.25) is 0 Å². The Kier molecular flexibility index (Phi) is 9.48. The second-order valence-electron chi connectivity index (χ2n) is 9.76. The van der Waals surface area contributed by atoms with Gasteiger partial charge in [-0.3, -0.25) is 15.0 Å². The molecule has 11 heteroatoms. The average molecular weight is 548 g/mol. The van der Waals surface area contributed by atoms with E-state index in [1.54, 1.807) is 12.1 Å². The van der Waals surface area contributed by atoms with Crippen molar-refractivity contribution in [1.29, 1.82) is 0 Å². The Bertz CT molecular complexity index is 1140. The standard InChI is InChI=1S/C27H37N3O7S/c1-35-23-9-11-25(12-10-23)38(33,34)27(37-26(31)28-32)13-17-30(18-14-27)21-22-5-7-24(8-6-22)36-20-19-29-15-3-2-4-16-29/h5-12,32H,2-4,13-21H2,1H3,(H,28,31). The number of amides is 1. The topological polar surface area (TPSA) is 118 Å². The Hall–Kier alpha value is -2.86. The fraction of sp³-hybridized carbons (Fsp3) is 0.519. The molecule has 0 spiro atoms. The predicted octanol–water partition coefficient (Wildman–Crippen LogP) is 3.44. The molecule has 1 amide bonds. The number of carbonyl (C=O) groups excluding carboxylic acids is 1. The van der Waals surface area contributed by atoms with E-state index < -0.39 is 20.9 Å². The number of methoxy groups -OCH3 is 1. The Morgan fingerprint density at radius 2 is 1.55 bits per heavy atom. The number of hydrogen-bond acceptors (Lipinski definition) is 9. The molecule has 208 valence electrons. The van der Waals surface area contributed by atoms with Crippen LogP contribution in [0, 0.1) is 0 Å². The number of benzene rings is 2. The van der Waals surface area contributed by atoms with Gasteiger partial charge in [-0.1, -0.05) is 18.6 Å². The second-order valence-corrected chi connectivity index (χ2v) is 12.0. The van der Waals surface area contributed by atoms with E-state index in [9.17, 15) is 13.2 Å². The smallest absolute Gasteiger partial charge is 0.432 e. The minimum Gasteiger partial charge on any atom is -0.497 e. The van der Waals surface area contributed by atoms with Crippen molar-refractivity contribution in [2.24, 2.45) is 0 Å². The molecule has 0 bridgehead atoms. The van der Waals surface area contributed by atoms with E-state index in [0.29, 0.717) is 32.0 Å². The van der Waals surface area contributed by atoms with E-state index in [4.69, 9.17) is 19.4 Å². The molecule has 2 fully saturated rings. The van der Waals surface area contributed by atoms with Crippen LogP contribution in [-0.4, -0.2) is 80.9 Å². The van der Waals surface area contributed by atoms with Crippen LogP contribution in [0.5, 0.6) is 11.5 Å². The van der Waals surface area contributed by atoms with E-state index in [-0.39, 0.29) is 17.7 Å². The van der Waals surface area contributed by atoms with Crippen molar-refractivity contribution in [2.45, 2.75) is 48.5 Å². The number of sulfone groups is 1. The number of piperidine rings is 2. The molecule has 38 heavy (non-hydrogen) atoms. The van der Waals surface area contributed by atoms with Crippen LogP contribution in [0.4, 0.5) is 4.79 Å². The summed E-state index contributed by atoms with van der Waals surface area (Å²) in [5.41, 5.74) is 2.47. The van der Waals surface area contributed by atoms with Crippen molar-refractivity contribution >= 4 is 15.9 Å². The number of carbonyl (C=O) groups is 1. The maximum absolute atomic E-state index is 13.6. The van der Waals surface area contributed by atoms with Crippen LogP contribution in [0.15, 0.2) is 53.4 Å². The summed E-state index contributed by atoms with van der Waals surface area (Å²) < 4.78 is 43.5. The molecule has 0 radical (unpaired) electrons. The molecule has 2 aliphatic rings. The molecule has 0 atom stereocenters.